The van der Waals surface area contributed by atoms with E-state index in [4.69, 9.17) is 4.99 Å². The van der Waals surface area contributed by atoms with Gasteiger partial charge in [0.1, 0.15) is 0 Å². The van der Waals surface area contributed by atoms with Gasteiger partial charge in [-0.15, -0.1) is 0 Å². The molecular formula is C23H25N3OS. The lowest BCUT2D eigenvalue weighted by molar-refractivity contribution is -0.115. The highest BCUT2D eigenvalue weighted by Gasteiger charge is 2.32. The first-order valence-corrected chi connectivity index (χ1v) is 11.2. The first kappa shape index (κ1) is 17.8. The van der Waals surface area contributed by atoms with Crippen LogP contribution in [-0.2, 0) is 17.6 Å². The highest BCUT2D eigenvalue weighted by Crippen LogP contribution is 2.36. The summed E-state index contributed by atoms with van der Waals surface area (Å²) >= 11 is 1.56. The fraction of sp³-hybridized carbons (Fsp3) is 0.391. The van der Waals surface area contributed by atoms with Crippen LogP contribution < -0.4 is 10.2 Å². The molecule has 0 spiro atoms. The summed E-state index contributed by atoms with van der Waals surface area (Å²) in [7, 11) is 0. The largest absolute Gasteiger partial charge is 0.360 e. The molecule has 1 aliphatic carbocycles. The summed E-state index contributed by atoms with van der Waals surface area (Å²) in [5, 5.41) is 4.49. The lowest BCUT2D eigenvalue weighted by Gasteiger charge is -2.25. The number of carbonyl (C=O) groups excluding carboxylic acids is 1. The molecule has 0 radical (unpaired) electrons. The standard InChI is InChI=1S/C23H25N3OS/c27-22(15-28-23-24-18-9-3-4-10-19(18)25-23)26-20-11-5-1-7-16(20)13-14-17-8-2-6-12-21(17)26/h1-2,5-8,11-12,18-19H,3-4,9-10,13-15H2,(H,24,25). The van der Waals surface area contributed by atoms with E-state index in [-0.39, 0.29) is 5.91 Å². The van der Waals surface area contributed by atoms with Crippen LogP contribution in [0.1, 0.15) is 36.8 Å². The van der Waals surface area contributed by atoms with Gasteiger partial charge in [0.25, 0.3) is 0 Å². The Morgan fingerprint density at radius 1 is 1.00 bits per heavy atom. The van der Waals surface area contributed by atoms with Gasteiger partial charge >= 0.3 is 0 Å². The quantitative estimate of drug-likeness (QED) is 0.822. The van der Waals surface area contributed by atoms with Gasteiger partial charge in [-0.05, 0) is 48.9 Å². The number of nitrogens with one attached hydrogen (secondary N) is 1. The number of fused-ring (bicyclic) bond motifs is 3. The van der Waals surface area contributed by atoms with E-state index in [0.717, 1.165) is 29.4 Å². The Bertz CT molecular complexity index is 878. The molecule has 0 aromatic heterocycles. The Morgan fingerprint density at radius 2 is 1.64 bits per heavy atom. The fourth-order valence-electron chi connectivity index (χ4n) is 4.60. The van der Waals surface area contributed by atoms with Gasteiger partial charge in [-0.3, -0.25) is 14.7 Å². The number of benzene rings is 2. The van der Waals surface area contributed by atoms with E-state index in [0.29, 0.717) is 17.8 Å². The third kappa shape index (κ3) is 3.32. The third-order valence-electron chi connectivity index (χ3n) is 6.03. The van der Waals surface area contributed by atoms with Crippen LogP contribution in [-0.4, -0.2) is 28.9 Å². The molecule has 2 unspecified atom stereocenters. The van der Waals surface area contributed by atoms with Crippen LogP contribution in [0.15, 0.2) is 53.5 Å². The first-order valence-electron chi connectivity index (χ1n) is 10.3. The Hall–Kier alpha value is -2.27. The van der Waals surface area contributed by atoms with Gasteiger partial charge < -0.3 is 5.32 Å². The molecule has 1 fully saturated rings. The summed E-state index contributed by atoms with van der Waals surface area (Å²) in [4.78, 5) is 20.1. The predicted octanol–water partition coefficient (Wildman–Crippen LogP) is 4.45. The minimum absolute atomic E-state index is 0.117. The van der Waals surface area contributed by atoms with Crippen molar-refractivity contribution < 1.29 is 4.79 Å². The molecule has 3 aliphatic rings. The number of nitrogens with zero attached hydrogens (tertiary/aromatic N) is 2. The van der Waals surface area contributed by atoms with E-state index in [1.165, 1.54) is 36.8 Å². The number of hydrogen-bond acceptors (Lipinski definition) is 4. The summed E-state index contributed by atoms with van der Waals surface area (Å²) in [6.45, 7) is 0. The number of hydrogen-bond donors (Lipinski definition) is 1. The topological polar surface area (TPSA) is 44.7 Å². The third-order valence-corrected chi connectivity index (χ3v) is 6.92. The number of thioether (sulfide) groups is 1. The molecule has 2 atom stereocenters. The molecule has 1 N–H and O–H groups in total. The number of rotatable bonds is 2. The van der Waals surface area contributed by atoms with Gasteiger partial charge in [0.2, 0.25) is 5.91 Å². The average Bonchev–Trinajstić information content (AvgIpc) is 3.07. The number of anilines is 2. The lowest BCUT2D eigenvalue weighted by atomic mass is 9.92. The number of aliphatic imine (C=N–C) groups is 1. The van der Waals surface area contributed by atoms with Gasteiger partial charge in [-0.2, -0.15) is 0 Å². The Labute approximate surface area is 170 Å². The van der Waals surface area contributed by atoms with Crippen molar-refractivity contribution in [1.82, 2.24) is 5.32 Å². The monoisotopic (exact) mass is 391 g/mol. The molecule has 4 nitrogen and oxygen atoms in total. The maximum Gasteiger partial charge on any atom is 0.242 e. The number of carbonyl (C=O) groups is 1. The molecule has 2 aliphatic heterocycles. The summed E-state index contributed by atoms with van der Waals surface area (Å²) in [5.74, 6) is 0.514. The first-order chi connectivity index (χ1) is 13.8. The molecule has 144 valence electrons. The van der Waals surface area contributed by atoms with Gasteiger partial charge in [-0.1, -0.05) is 61.0 Å². The van der Waals surface area contributed by atoms with E-state index in [1.807, 2.05) is 17.0 Å². The van der Waals surface area contributed by atoms with Crippen molar-refractivity contribution in [2.75, 3.05) is 10.7 Å². The molecule has 5 rings (SSSR count). The minimum atomic E-state index is 0.117. The van der Waals surface area contributed by atoms with Crippen LogP contribution >= 0.6 is 11.8 Å². The number of para-hydroxylation sites is 2. The SMILES string of the molecule is O=C(CSC1=NC2CCCCC2N1)N1c2ccccc2CCc2ccccc21. The second-order valence-corrected chi connectivity index (χ2v) is 8.78. The molecule has 5 heteroatoms. The predicted molar refractivity (Wildman–Crippen MR) is 117 cm³/mol. The second kappa shape index (κ2) is 7.63. The number of amides is 1. The van der Waals surface area contributed by atoms with Crippen LogP contribution in [0.3, 0.4) is 0 Å². The van der Waals surface area contributed by atoms with Gasteiger partial charge in [0.05, 0.1) is 29.2 Å². The van der Waals surface area contributed by atoms with E-state index >= 15 is 0 Å². The normalized spacial score (nSPS) is 23.0. The highest BCUT2D eigenvalue weighted by atomic mass is 32.2. The molecule has 28 heavy (non-hydrogen) atoms. The maximum absolute atomic E-state index is 13.4. The molecule has 2 aromatic rings. The molecule has 0 bridgehead atoms. The highest BCUT2D eigenvalue weighted by molar-refractivity contribution is 8.14. The van der Waals surface area contributed by atoms with Crippen molar-refractivity contribution in [3.05, 3.63) is 59.7 Å². The molecule has 2 aromatic carbocycles. The smallest absolute Gasteiger partial charge is 0.242 e. The summed E-state index contributed by atoms with van der Waals surface area (Å²) in [6, 6.07) is 17.5. The Morgan fingerprint density at radius 3 is 2.32 bits per heavy atom. The minimum Gasteiger partial charge on any atom is -0.360 e. The summed E-state index contributed by atoms with van der Waals surface area (Å²) in [5.41, 5.74) is 4.51. The van der Waals surface area contributed by atoms with Crippen molar-refractivity contribution in [2.24, 2.45) is 4.99 Å². The van der Waals surface area contributed by atoms with Gasteiger partial charge in [0.15, 0.2) is 5.17 Å². The van der Waals surface area contributed by atoms with Gasteiger partial charge in [-0.25, -0.2) is 0 Å². The van der Waals surface area contributed by atoms with Crippen molar-refractivity contribution in [3.8, 4) is 0 Å². The van der Waals surface area contributed by atoms with Crippen molar-refractivity contribution in [3.63, 3.8) is 0 Å². The van der Waals surface area contributed by atoms with Gasteiger partial charge in [0, 0.05) is 0 Å². The van der Waals surface area contributed by atoms with Crippen LogP contribution in [0.4, 0.5) is 11.4 Å². The lowest BCUT2D eigenvalue weighted by Crippen LogP contribution is -2.36. The van der Waals surface area contributed by atoms with Crippen molar-refractivity contribution in [2.45, 2.75) is 50.6 Å². The van der Waals surface area contributed by atoms with Crippen LogP contribution in [0.2, 0.25) is 0 Å². The van der Waals surface area contributed by atoms with Crippen molar-refractivity contribution >= 4 is 34.2 Å². The zero-order chi connectivity index (χ0) is 18.9. The van der Waals surface area contributed by atoms with E-state index < -0.39 is 0 Å². The van der Waals surface area contributed by atoms with Crippen LogP contribution in [0.5, 0.6) is 0 Å². The van der Waals surface area contributed by atoms with Crippen LogP contribution in [0, 0.1) is 0 Å². The molecule has 0 saturated heterocycles. The maximum atomic E-state index is 13.4. The van der Waals surface area contributed by atoms with E-state index in [2.05, 4.69) is 41.7 Å². The molecular weight excluding hydrogens is 366 g/mol. The number of aryl methyl sites for hydroxylation is 2. The second-order valence-electron chi connectivity index (χ2n) is 7.81. The fourth-order valence-corrected chi connectivity index (χ4v) is 5.44. The Balaban J connectivity index is 1.38. The zero-order valence-corrected chi connectivity index (χ0v) is 16.8. The van der Waals surface area contributed by atoms with E-state index in [1.54, 1.807) is 11.8 Å². The van der Waals surface area contributed by atoms with Crippen LogP contribution in [0.25, 0.3) is 0 Å². The zero-order valence-electron chi connectivity index (χ0n) is 15.9. The van der Waals surface area contributed by atoms with E-state index in [9.17, 15) is 4.79 Å². The molecule has 1 saturated carbocycles. The molecule has 2 heterocycles. The summed E-state index contributed by atoms with van der Waals surface area (Å²) in [6.07, 6.45) is 6.83. The molecule has 1 amide bonds. The average molecular weight is 392 g/mol. The van der Waals surface area contributed by atoms with Crippen molar-refractivity contribution in [1.29, 1.82) is 0 Å². The number of amidine groups is 1. The Kier molecular flexibility index (Phi) is 4.85. The summed E-state index contributed by atoms with van der Waals surface area (Å²) < 4.78 is 0.